The molecule has 0 unspecified atom stereocenters. The minimum Gasteiger partial charge on any atom is -0.339 e. The van der Waals surface area contributed by atoms with Crippen LogP contribution in [0.15, 0.2) is 18.5 Å². The van der Waals surface area contributed by atoms with Gasteiger partial charge >= 0.3 is 0 Å². The fraction of sp³-hybridized carbons (Fsp3) is 0.538. The summed E-state index contributed by atoms with van der Waals surface area (Å²) in [6.07, 6.45) is 7.65. The van der Waals surface area contributed by atoms with Crippen LogP contribution in [0, 0.1) is 0 Å². The molecule has 2 rings (SSSR count). The molecule has 0 saturated heterocycles. The first kappa shape index (κ1) is 11.1. The van der Waals surface area contributed by atoms with Crippen LogP contribution in [0.2, 0.25) is 0 Å². The molecular weight excluding hydrogens is 200 g/mol. The maximum absolute atomic E-state index is 11.7. The Kier molecular flexibility index (Phi) is 3.22. The van der Waals surface area contributed by atoms with Gasteiger partial charge in [-0.15, -0.1) is 0 Å². The van der Waals surface area contributed by atoms with Crippen molar-refractivity contribution in [2.24, 2.45) is 0 Å². The fourth-order valence-corrected chi connectivity index (χ4v) is 2.43. The van der Waals surface area contributed by atoms with Gasteiger partial charge in [-0.3, -0.25) is 9.78 Å². The quantitative estimate of drug-likeness (QED) is 0.763. The summed E-state index contributed by atoms with van der Waals surface area (Å²) in [7, 11) is 1.90. The summed E-state index contributed by atoms with van der Waals surface area (Å²) in [5.74, 6) is 0.210. The molecule has 1 aliphatic rings. The lowest BCUT2D eigenvalue weighted by atomic mass is 9.88. The van der Waals surface area contributed by atoms with Crippen LogP contribution in [0.25, 0.3) is 0 Å². The molecule has 1 amide bonds. The zero-order valence-corrected chi connectivity index (χ0v) is 9.94. The lowest BCUT2D eigenvalue weighted by molar-refractivity contribution is -0.132. The number of fused-ring (bicyclic) bond motifs is 1. The summed E-state index contributed by atoms with van der Waals surface area (Å²) in [5.41, 5.74) is 2.58. The molecule has 1 atom stereocenters. The van der Waals surface area contributed by atoms with Crippen LogP contribution in [0.5, 0.6) is 0 Å². The third-order valence-electron chi connectivity index (χ3n) is 3.39. The maximum atomic E-state index is 11.7. The summed E-state index contributed by atoms with van der Waals surface area (Å²) in [5, 5.41) is 0. The molecule has 0 aliphatic heterocycles. The zero-order chi connectivity index (χ0) is 11.5. The van der Waals surface area contributed by atoms with Gasteiger partial charge in [-0.1, -0.05) is 6.92 Å². The average Bonchev–Trinajstić information content (AvgIpc) is 2.36. The summed E-state index contributed by atoms with van der Waals surface area (Å²) in [6.45, 7) is 1.91. The van der Waals surface area contributed by atoms with Gasteiger partial charge in [0.25, 0.3) is 0 Å². The summed E-state index contributed by atoms with van der Waals surface area (Å²) in [6, 6.07) is 2.30. The third kappa shape index (κ3) is 1.94. The number of hydrogen-bond donors (Lipinski definition) is 0. The van der Waals surface area contributed by atoms with Crippen LogP contribution in [-0.2, 0) is 11.2 Å². The van der Waals surface area contributed by atoms with Gasteiger partial charge in [-0.25, -0.2) is 0 Å². The normalized spacial score (nSPS) is 19.0. The van der Waals surface area contributed by atoms with E-state index >= 15 is 0 Å². The molecule has 0 radical (unpaired) electrons. The number of nitrogens with zero attached hydrogens (tertiary/aromatic N) is 2. The highest BCUT2D eigenvalue weighted by Crippen LogP contribution is 2.32. The number of aryl methyl sites for hydroxylation is 1. The van der Waals surface area contributed by atoms with Gasteiger partial charge in [0, 0.05) is 25.9 Å². The van der Waals surface area contributed by atoms with Crippen molar-refractivity contribution >= 4 is 5.91 Å². The zero-order valence-electron chi connectivity index (χ0n) is 9.94. The van der Waals surface area contributed by atoms with E-state index in [4.69, 9.17) is 0 Å². The molecule has 1 aromatic heterocycles. The van der Waals surface area contributed by atoms with Crippen molar-refractivity contribution in [1.82, 2.24) is 9.88 Å². The summed E-state index contributed by atoms with van der Waals surface area (Å²) in [4.78, 5) is 17.8. The molecule has 0 N–H and O–H groups in total. The number of amides is 1. The lowest BCUT2D eigenvalue weighted by Crippen LogP contribution is -2.32. The van der Waals surface area contributed by atoms with Crippen molar-refractivity contribution < 1.29 is 4.79 Å². The van der Waals surface area contributed by atoms with E-state index in [1.54, 1.807) is 0 Å². The topological polar surface area (TPSA) is 33.2 Å². The van der Waals surface area contributed by atoms with Gasteiger partial charge in [-0.05, 0) is 36.5 Å². The van der Waals surface area contributed by atoms with Crippen molar-refractivity contribution in [3.63, 3.8) is 0 Å². The summed E-state index contributed by atoms with van der Waals surface area (Å²) < 4.78 is 0. The molecule has 3 heteroatoms. The molecule has 0 spiro atoms. The van der Waals surface area contributed by atoms with E-state index in [2.05, 4.69) is 11.1 Å². The Bertz CT molecular complexity index is 389. The lowest BCUT2D eigenvalue weighted by Gasteiger charge is -2.32. The number of aromatic nitrogens is 1. The number of carbonyl (C=O) groups excluding carboxylic acids is 1. The Balaban J connectivity index is 2.28. The molecule has 16 heavy (non-hydrogen) atoms. The Hall–Kier alpha value is -1.38. The first-order valence-electron chi connectivity index (χ1n) is 5.92. The predicted molar refractivity (Wildman–Crippen MR) is 63.0 cm³/mol. The Morgan fingerprint density at radius 1 is 1.62 bits per heavy atom. The van der Waals surface area contributed by atoms with Gasteiger partial charge in [0.05, 0.1) is 6.04 Å². The molecule has 1 aromatic rings. The average molecular weight is 218 g/mol. The van der Waals surface area contributed by atoms with Gasteiger partial charge < -0.3 is 4.90 Å². The fourth-order valence-electron chi connectivity index (χ4n) is 2.43. The third-order valence-corrected chi connectivity index (χ3v) is 3.39. The molecular formula is C13H18N2O. The van der Waals surface area contributed by atoms with Crippen LogP contribution in [0.3, 0.4) is 0 Å². The number of pyridine rings is 1. The molecule has 3 nitrogen and oxygen atoms in total. The van der Waals surface area contributed by atoms with Crippen LogP contribution >= 0.6 is 0 Å². The van der Waals surface area contributed by atoms with Crippen LogP contribution in [0.4, 0.5) is 0 Å². The molecule has 0 saturated carbocycles. The van der Waals surface area contributed by atoms with E-state index in [1.165, 1.54) is 11.1 Å². The SMILES string of the molecule is CCC(=O)N(C)[C@@H]1CCCc2ccncc21. The highest BCUT2D eigenvalue weighted by molar-refractivity contribution is 5.76. The van der Waals surface area contributed by atoms with E-state index in [0.717, 1.165) is 19.3 Å². The second-order valence-electron chi connectivity index (χ2n) is 4.34. The second kappa shape index (κ2) is 4.64. The van der Waals surface area contributed by atoms with Gasteiger partial charge in [0.15, 0.2) is 0 Å². The maximum Gasteiger partial charge on any atom is 0.222 e. The van der Waals surface area contributed by atoms with Crippen molar-refractivity contribution in [2.45, 2.75) is 38.6 Å². The van der Waals surface area contributed by atoms with Crippen molar-refractivity contribution in [3.05, 3.63) is 29.6 Å². The van der Waals surface area contributed by atoms with Gasteiger partial charge in [0.2, 0.25) is 5.91 Å². The van der Waals surface area contributed by atoms with Crippen LogP contribution in [-0.4, -0.2) is 22.8 Å². The number of carbonyl (C=O) groups is 1. The minimum atomic E-state index is 0.210. The van der Waals surface area contributed by atoms with Crippen LogP contribution < -0.4 is 0 Å². The van der Waals surface area contributed by atoms with E-state index < -0.39 is 0 Å². The van der Waals surface area contributed by atoms with E-state index in [-0.39, 0.29) is 11.9 Å². The first-order chi connectivity index (χ1) is 7.74. The standard InChI is InChI=1S/C13H18N2O/c1-3-13(16)15(2)12-6-4-5-10-7-8-14-9-11(10)12/h7-9,12H,3-6H2,1-2H3/t12-/m1/s1. The smallest absolute Gasteiger partial charge is 0.222 e. The molecule has 0 bridgehead atoms. The molecule has 86 valence electrons. The Labute approximate surface area is 96.5 Å². The molecule has 1 aliphatic carbocycles. The highest BCUT2D eigenvalue weighted by Gasteiger charge is 2.25. The second-order valence-corrected chi connectivity index (χ2v) is 4.34. The first-order valence-corrected chi connectivity index (χ1v) is 5.92. The van der Waals surface area contributed by atoms with Gasteiger partial charge in [-0.2, -0.15) is 0 Å². The highest BCUT2D eigenvalue weighted by atomic mass is 16.2. The number of rotatable bonds is 2. The van der Waals surface area contributed by atoms with Crippen molar-refractivity contribution in [1.29, 1.82) is 0 Å². The number of hydrogen-bond acceptors (Lipinski definition) is 2. The van der Waals surface area contributed by atoms with E-state index in [9.17, 15) is 4.79 Å². The largest absolute Gasteiger partial charge is 0.339 e. The van der Waals surface area contributed by atoms with Crippen molar-refractivity contribution in [3.8, 4) is 0 Å². The van der Waals surface area contributed by atoms with Crippen LogP contribution in [0.1, 0.15) is 43.4 Å². The predicted octanol–water partition coefficient (Wildman–Crippen LogP) is 2.33. The molecule has 0 fully saturated rings. The summed E-state index contributed by atoms with van der Waals surface area (Å²) >= 11 is 0. The van der Waals surface area contributed by atoms with E-state index in [1.807, 2.05) is 31.3 Å². The molecule has 0 aromatic carbocycles. The Morgan fingerprint density at radius 3 is 3.19 bits per heavy atom. The van der Waals surface area contributed by atoms with Crippen molar-refractivity contribution in [2.75, 3.05) is 7.05 Å². The molecule has 1 heterocycles. The minimum absolute atomic E-state index is 0.210. The Morgan fingerprint density at radius 2 is 2.44 bits per heavy atom. The van der Waals surface area contributed by atoms with Gasteiger partial charge in [0.1, 0.15) is 0 Å². The van der Waals surface area contributed by atoms with E-state index in [0.29, 0.717) is 6.42 Å². The monoisotopic (exact) mass is 218 g/mol.